The number of nitrogens with one attached hydrogen (secondary N) is 2. The fraction of sp³-hybridized carbons (Fsp3) is 0.316. The third kappa shape index (κ3) is 3.36. The number of rotatable bonds is 4. The highest BCUT2D eigenvalue weighted by Gasteiger charge is 2.31. The maximum absolute atomic E-state index is 12.7. The van der Waals surface area contributed by atoms with Gasteiger partial charge in [-0.1, -0.05) is 12.1 Å². The monoisotopic (exact) mass is 401 g/mol. The number of quaternary nitrogens is 1. The molecular weight excluding hydrogens is 380 g/mol. The number of thiophene rings is 1. The molecule has 2 amide bonds. The number of anilines is 1. The van der Waals surface area contributed by atoms with Crippen molar-refractivity contribution in [2.75, 3.05) is 11.9 Å². The topological polar surface area (TPSA) is 89.5 Å². The van der Waals surface area contributed by atoms with E-state index in [-0.39, 0.29) is 5.91 Å². The number of nitrogens with zero attached hydrogens (tertiary/aromatic N) is 1. The van der Waals surface area contributed by atoms with Crippen LogP contribution in [0, 0.1) is 0 Å². The van der Waals surface area contributed by atoms with E-state index in [9.17, 15) is 9.59 Å². The van der Waals surface area contributed by atoms with Crippen LogP contribution in [-0.2, 0) is 13.0 Å². The van der Waals surface area contributed by atoms with Crippen LogP contribution in [0.2, 0.25) is 0 Å². The Morgan fingerprint density at radius 1 is 1.26 bits per heavy atom. The number of aromatic nitrogens is 1. The Hall–Kier alpha value is -2.29. The predicted octanol–water partition coefficient (Wildman–Crippen LogP) is 2.06. The van der Waals surface area contributed by atoms with Gasteiger partial charge in [0, 0.05) is 6.42 Å². The van der Waals surface area contributed by atoms with E-state index < -0.39 is 5.91 Å². The lowest BCUT2D eigenvalue weighted by molar-refractivity contribution is -0.936. The van der Waals surface area contributed by atoms with Crippen LogP contribution in [0.3, 0.4) is 0 Å². The van der Waals surface area contributed by atoms with Gasteiger partial charge in [0.05, 0.1) is 33.2 Å². The van der Waals surface area contributed by atoms with Gasteiger partial charge in [0.15, 0.2) is 5.01 Å². The highest BCUT2D eigenvalue weighted by Crippen LogP contribution is 2.35. The van der Waals surface area contributed by atoms with E-state index in [4.69, 9.17) is 5.73 Å². The van der Waals surface area contributed by atoms with Crippen LogP contribution in [0.5, 0.6) is 0 Å². The van der Waals surface area contributed by atoms with Gasteiger partial charge in [0.25, 0.3) is 11.8 Å². The second-order valence-electron chi connectivity index (χ2n) is 7.00. The number of hydrogen-bond donors (Lipinski definition) is 3. The Balaban J connectivity index is 1.65. The molecule has 1 atom stereocenters. The minimum atomic E-state index is -0.486. The van der Waals surface area contributed by atoms with E-state index in [1.807, 2.05) is 24.3 Å². The zero-order valence-corrected chi connectivity index (χ0v) is 16.8. The number of hydrogen-bond acceptors (Lipinski definition) is 5. The summed E-state index contributed by atoms with van der Waals surface area (Å²) in [6.07, 6.45) is 0.800. The Kier molecular flexibility index (Phi) is 4.71. The molecule has 6 nitrogen and oxygen atoms in total. The molecule has 3 aromatic rings. The maximum Gasteiger partial charge on any atom is 0.285 e. The highest BCUT2D eigenvalue weighted by atomic mass is 32.1. The molecule has 4 N–H and O–H groups in total. The van der Waals surface area contributed by atoms with E-state index in [0.717, 1.165) is 40.2 Å². The summed E-state index contributed by atoms with van der Waals surface area (Å²) in [7, 11) is 0. The van der Waals surface area contributed by atoms with Crippen molar-refractivity contribution < 1.29 is 14.5 Å². The van der Waals surface area contributed by atoms with Gasteiger partial charge in [-0.25, -0.2) is 4.98 Å². The molecule has 0 spiro atoms. The van der Waals surface area contributed by atoms with Crippen molar-refractivity contribution >= 4 is 49.7 Å². The van der Waals surface area contributed by atoms with E-state index in [1.165, 1.54) is 27.6 Å². The number of primary amides is 1. The summed E-state index contributed by atoms with van der Waals surface area (Å²) in [6.45, 7) is 6.21. The van der Waals surface area contributed by atoms with E-state index in [0.29, 0.717) is 21.6 Å². The van der Waals surface area contributed by atoms with Crippen molar-refractivity contribution in [3.8, 4) is 0 Å². The summed E-state index contributed by atoms with van der Waals surface area (Å²) < 4.78 is 0.958. The predicted molar refractivity (Wildman–Crippen MR) is 109 cm³/mol. The fourth-order valence-corrected chi connectivity index (χ4v) is 5.63. The van der Waals surface area contributed by atoms with Crippen molar-refractivity contribution in [1.82, 2.24) is 4.98 Å². The smallest absolute Gasteiger partial charge is 0.285 e. The minimum Gasteiger partial charge on any atom is -0.365 e. The molecule has 8 heteroatoms. The molecule has 140 valence electrons. The van der Waals surface area contributed by atoms with Gasteiger partial charge in [0.1, 0.15) is 11.5 Å². The summed E-state index contributed by atoms with van der Waals surface area (Å²) in [4.78, 5) is 31.8. The van der Waals surface area contributed by atoms with Crippen LogP contribution in [-0.4, -0.2) is 29.4 Å². The summed E-state index contributed by atoms with van der Waals surface area (Å²) in [6, 6.07) is 8.14. The Labute approximate surface area is 165 Å². The quantitative estimate of drug-likeness (QED) is 0.625. The molecule has 2 aromatic heterocycles. The molecule has 27 heavy (non-hydrogen) atoms. The van der Waals surface area contributed by atoms with Crippen LogP contribution < -0.4 is 16.0 Å². The number of carbonyl (C=O) groups is 2. The molecular formula is C19H21N4O2S2+. The fourth-order valence-electron chi connectivity index (χ4n) is 3.47. The lowest BCUT2D eigenvalue weighted by atomic mass is 10.0. The second kappa shape index (κ2) is 7.03. The molecule has 0 saturated carbocycles. The van der Waals surface area contributed by atoms with Gasteiger partial charge in [-0.15, -0.1) is 22.7 Å². The molecule has 0 saturated heterocycles. The van der Waals surface area contributed by atoms with Crippen LogP contribution in [0.25, 0.3) is 10.2 Å². The Morgan fingerprint density at radius 2 is 2.04 bits per heavy atom. The van der Waals surface area contributed by atoms with Crippen LogP contribution in [0.1, 0.15) is 44.4 Å². The van der Waals surface area contributed by atoms with Crippen molar-refractivity contribution in [2.45, 2.75) is 32.9 Å². The van der Waals surface area contributed by atoms with E-state index in [1.54, 1.807) is 0 Å². The summed E-state index contributed by atoms with van der Waals surface area (Å²) in [5.74, 6) is -0.787. The average Bonchev–Trinajstić information content (AvgIpc) is 3.21. The van der Waals surface area contributed by atoms with Crippen molar-refractivity contribution in [1.29, 1.82) is 0 Å². The number of carbonyl (C=O) groups excluding carboxylic acids is 2. The number of fused-ring (bicyclic) bond motifs is 2. The second-order valence-corrected chi connectivity index (χ2v) is 9.14. The zero-order chi connectivity index (χ0) is 19.1. The Morgan fingerprint density at radius 3 is 2.74 bits per heavy atom. The molecule has 0 bridgehead atoms. The summed E-state index contributed by atoms with van der Waals surface area (Å²) >= 11 is 2.80. The first-order valence-corrected chi connectivity index (χ1v) is 10.5. The molecule has 1 aromatic carbocycles. The average molecular weight is 402 g/mol. The van der Waals surface area contributed by atoms with Gasteiger partial charge in [0.2, 0.25) is 0 Å². The third-order valence-corrected chi connectivity index (χ3v) is 7.14. The molecule has 0 radical (unpaired) electrons. The third-order valence-electron chi connectivity index (χ3n) is 4.95. The van der Waals surface area contributed by atoms with Gasteiger partial charge < -0.3 is 16.0 Å². The van der Waals surface area contributed by atoms with Crippen molar-refractivity contribution in [2.24, 2.45) is 5.73 Å². The first-order chi connectivity index (χ1) is 12.9. The first-order valence-electron chi connectivity index (χ1n) is 8.90. The SMILES string of the molecule is CC(C)[NH+]1CCc2c(sc(NC(=O)c3nc4ccccc4s3)c2C(N)=O)C1. The molecule has 0 fully saturated rings. The highest BCUT2D eigenvalue weighted by molar-refractivity contribution is 7.20. The summed E-state index contributed by atoms with van der Waals surface area (Å²) in [5, 5.41) is 3.81. The van der Waals surface area contributed by atoms with Crippen molar-refractivity contribution in [3.05, 3.63) is 45.3 Å². The lowest BCUT2D eigenvalue weighted by Gasteiger charge is -2.27. The van der Waals surface area contributed by atoms with Gasteiger partial charge in [-0.05, 0) is 31.5 Å². The van der Waals surface area contributed by atoms with E-state index in [2.05, 4.69) is 24.1 Å². The van der Waals surface area contributed by atoms with Gasteiger partial charge >= 0.3 is 0 Å². The van der Waals surface area contributed by atoms with Crippen LogP contribution in [0.15, 0.2) is 24.3 Å². The first kappa shape index (κ1) is 18.1. The van der Waals surface area contributed by atoms with Crippen LogP contribution in [0.4, 0.5) is 5.00 Å². The molecule has 1 aliphatic rings. The zero-order valence-electron chi connectivity index (χ0n) is 15.2. The number of nitrogens with two attached hydrogens (primary N) is 1. The summed E-state index contributed by atoms with van der Waals surface area (Å²) in [5.41, 5.74) is 7.91. The van der Waals surface area contributed by atoms with E-state index >= 15 is 0 Å². The number of amides is 2. The Bertz CT molecular complexity index is 1000. The molecule has 4 rings (SSSR count). The lowest BCUT2D eigenvalue weighted by Crippen LogP contribution is -3.14. The van der Waals surface area contributed by atoms with Gasteiger partial charge in [-0.2, -0.15) is 0 Å². The standard InChI is InChI=1S/C19H20N4O2S2/c1-10(2)23-8-7-11-14(9-23)27-18(15(11)16(20)24)22-17(25)19-21-12-5-3-4-6-13(12)26-19/h3-6,10H,7-9H2,1-2H3,(H2,20,24)(H,22,25)/p+1. The van der Waals surface area contributed by atoms with Crippen LogP contribution >= 0.6 is 22.7 Å². The maximum atomic E-state index is 12.7. The number of thiazole rings is 1. The molecule has 1 unspecified atom stereocenters. The van der Waals surface area contributed by atoms with Gasteiger partial charge in [-0.3, -0.25) is 9.59 Å². The molecule has 0 aliphatic carbocycles. The largest absolute Gasteiger partial charge is 0.365 e. The molecule has 1 aliphatic heterocycles. The number of para-hydroxylation sites is 1. The van der Waals surface area contributed by atoms with Crippen molar-refractivity contribution in [3.63, 3.8) is 0 Å². The normalized spacial score (nSPS) is 16.5. The molecule has 3 heterocycles. The number of benzene rings is 1. The minimum absolute atomic E-state index is 0.301.